The van der Waals surface area contributed by atoms with E-state index in [-0.39, 0.29) is 0 Å². The zero-order chi connectivity index (χ0) is 10.5. The molecule has 1 heterocycles. The van der Waals surface area contributed by atoms with E-state index in [2.05, 4.69) is 22.0 Å². The Morgan fingerprint density at radius 3 is 3.00 bits per heavy atom. The molecule has 0 saturated heterocycles. The Labute approximate surface area is 89.8 Å². The van der Waals surface area contributed by atoms with Crippen molar-refractivity contribution in [2.75, 3.05) is 6.54 Å². The maximum atomic E-state index is 5.17. The molecule has 0 aromatic carbocycles. The summed E-state index contributed by atoms with van der Waals surface area (Å²) < 4.78 is 5.17. The van der Waals surface area contributed by atoms with Crippen molar-refractivity contribution < 1.29 is 4.52 Å². The van der Waals surface area contributed by atoms with Crippen LogP contribution in [0.15, 0.2) is 17.2 Å². The first-order chi connectivity index (χ1) is 7.40. The molecule has 82 valence electrons. The van der Waals surface area contributed by atoms with Crippen LogP contribution in [-0.4, -0.2) is 16.7 Å². The SMILES string of the molecule is C=CCNCc1nc(C2CCCC2)no1. The number of hydrogen-bond acceptors (Lipinski definition) is 4. The lowest BCUT2D eigenvalue weighted by molar-refractivity contribution is 0.362. The summed E-state index contributed by atoms with van der Waals surface area (Å²) in [6.45, 7) is 5.03. The topological polar surface area (TPSA) is 51.0 Å². The lowest BCUT2D eigenvalue weighted by atomic mass is 10.1. The van der Waals surface area contributed by atoms with Gasteiger partial charge in [-0.15, -0.1) is 6.58 Å². The quantitative estimate of drug-likeness (QED) is 0.592. The molecule has 1 N–H and O–H groups in total. The fourth-order valence-electron chi connectivity index (χ4n) is 1.97. The van der Waals surface area contributed by atoms with Crippen molar-refractivity contribution in [3.05, 3.63) is 24.4 Å². The summed E-state index contributed by atoms with van der Waals surface area (Å²) in [4.78, 5) is 4.39. The molecule has 1 aromatic heterocycles. The van der Waals surface area contributed by atoms with Crippen molar-refractivity contribution in [1.29, 1.82) is 0 Å². The molecule has 0 unspecified atom stereocenters. The van der Waals surface area contributed by atoms with Crippen LogP contribution in [0.2, 0.25) is 0 Å². The highest BCUT2D eigenvalue weighted by Gasteiger charge is 2.21. The molecule has 1 aliphatic carbocycles. The first kappa shape index (κ1) is 10.4. The number of hydrogen-bond donors (Lipinski definition) is 1. The highest BCUT2D eigenvalue weighted by molar-refractivity contribution is 4.97. The molecule has 2 rings (SSSR count). The van der Waals surface area contributed by atoms with Gasteiger partial charge < -0.3 is 9.84 Å². The molecule has 4 nitrogen and oxygen atoms in total. The second kappa shape index (κ2) is 5.07. The molecule has 0 amide bonds. The van der Waals surface area contributed by atoms with E-state index in [0.29, 0.717) is 18.4 Å². The van der Waals surface area contributed by atoms with E-state index >= 15 is 0 Å². The molecule has 0 atom stereocenters. The van der Waals surface area contributed by atoms with Crippen LogP contribution in [0.5, 0.6) is 0 Å². The summed E-state index contributed by atoms with van der Waals surface area (Å²) in [5.41, 5.74) is 0. The second-order valence-electron chi connectivity index (χ2n) is 3.95. The van der Waals surface area contributed by atoms with Crippen molar-refractivity contribution in [3.63, 3.8) is 0 Å². The summed E-state index contributed by atoms with van der Waals surface area (Å²) in [5, 5.41) is 7.17. The minimum Gasteiger partial charge on any atom is -0.338 e. The summed E-state index contributed by atoms with van der Waals surface area (Å²) >= 11 is 0. The van der Waals surface area contributed by atoms with Crippen LogP contribution in [0, 0.1) is 0 Å². The molecule has 0 bridgehead atoms. The zero-order valence-electron chi connectivity index (χ0n) is 8.91. The Hall–Kier alpha value is -1.16. The van der Waals surface area contributed by atoms with Gasteiger partial charge in [0.2, 0.25) is 5.89 Å². The maximum Gasteiger partial charge on any atom is 0.240 e. The van der Waals surface area contributed by atoms with Gasteiger partial charge >= 0.3 is 0 Å². The monoisotopic (exact) mass is 207 g/mol. The number of nitrogens with zero attached hydrogens (tertiary/aromatic N) is 2. The average molecular weight is 207 g/mol. The van der Waals surface area contributed by atoms with E-state index in [1.54, 1.807) is 0 Å². The third-order valence-electron chi connectivity index (χ3n) is 2.77. The van der Waals surface area contributed by atoms with Crippen LogP contribution in [0.3, 0.4) is 0 Å². The van der Waals surface area contributed by atoms with Gasteiger partial charge in [-0.25, -0.2) is 0 Å². The number of nitrogens with one attached hydrogen (secondary N) is 1. The van der Waals surface area contributed by atoms with E-state index in [4.69, 9.17) is 4.52 Å². The zero-order valence-corrected chi connectivity index (χ0v) is 8.91. The van der Waals surface area contributed by atoms with Gasteiger partial charge in [0.05, 0.1) is 6.54 Å². The largest absolute Gasteiger partial charge is 0.338 e. The van der Waals surface area contributed by atoms with E-state index in [1.165, 1.54) is 25.7 Å². The Bertz CT molecular complexity index is 315. The van der Waals surface area contributed by atoms with Crippen LogP contribution < -0.4 is 5.32 Å². The van der Waals surface area contributed by atoms with Crippen LogP contribution in [-0.2, 0) is 6.54 Å². The van der Waals surface area contributed by atoms with Gasteiger partial charge in [-0.05, 0) is 12.8 Å². The van der Waals surface area contributed by atoms with Crippen LogP contribution in [0.1, 0.15) is 43.3 Å². The van der Waals surface area contributed by atoms with E-state index < -0.39 is 0 Å². The van der Waals surface area contributed by atoms with E-state index in [0.717, 1.165) is 12.4 Å². The molecule has 1 aromatic rings. The van der Waals surface area contributed by atoms with Crippen molar-refractivity contribution in [2.45, 2.75) is 38.1 Å². The maximum absolute atomic E-state index is 5.17. The lowest BCUT2D eigenvalue weighted by Gasteiger charge is -1.99. The van der Waals surface area contributed by atoms with Gasteiger partial charge in [-0.3, -0.25) is 0 Å². The molecule has 1 aliphatic rings. The minimum absolute atomic E-state index is 0.530. The van der Waals surface area contributed by atoms with Crippen LogP contribution in [0.25, 0.3) is 0 Å². The van der Waals surface area contributed by atoms with Gasteiger partial charge in [-0.2, -0.15) is 4.98 Å². The summed E-state index contributed by atoms with van der Waals surface area (Å²) in [5.74, 6) is 2.10. The molecule has 0 radical (unpaired) electrons. The Kier molecular flexibility index (Phi) is 3.50. The Morgan fingerprint density at radius 1 is 1.47 bits per heavy atom. The fraction of sp³-hybridized carbons (Fsp3) is 0.636. The van der Waals surface area contributed by atoms with Crippen molar-refractivity contribution in [3.8, 4) is 0 Å². The van der Waals surface area contributed by atoms with Gasteiger partial charge in [0.25, 0.3) is 0 Å². The highest BCUT2D eigenvalue weighted by Crippen LogP contribution is 2.32. The lowest BCUT2D eigenvalue weighted by Crippen LogP contribution is -2.12. The minimum atomic E-state index is 0.530. The van der Waals surface area contributed by atoms with Crippen molar-refractivity contribution >= 4 is 0 Å². The highest BCUT2D eigenvalue weighted by atomic mass is 16.5. The first-order valence-corrected chi connectivity index (χ1v) is 5.54. The van der Waals surface area contributed by atoms with Crippen LogP contribution >= 0.6 is 0 Å². The predicted molar refractivity (Wildman–Crippen MR) is 57.4 cm³/mol. The van der Waals surface area contributed by atoms with Crippen LogP contribution in [0.4, 0.5) is 0 Å². The van der Waals surface area contributed by atoms with Gasteiger partial charge in [0.1, 0.15) is 0 Å². The molecule has 1 saturated carbocycles. The Balaban J connectivity index is 1.88. The van der Waals surface area contributed by atoms with Gasteiger partial charge in [-0.1, -0.05) is 24.1 Å². The van der Waals surface area contributed by atoms with Crippen molar-refractivity contribution in [2.24, 2.45) is 0 Å². The molecule has 0 aliphatic heterocycles. The summed E-state index contributed by atoms with van der Waals surface area (Å²) in [6, 6.07) is 0. The Morgan fingerprint density at radius 2 is 2.27 bits per heavy atom. The molecule has 4 heteroatoms. The first-order valence-electron chi connectivity index (χ1n) is 5.54. The molecular weight excluding hydrogens is 190 g/mol. The molecule has 0 spiro atoms. The fourth-order valence-corrected chi connectivity index (χ4v) is 1.97. The second-order valence-corrected chi connectivity index (χ2v) is 3.95. The molecule has 1 fully saturated rings. The van der Waals surface area contributed by atoms with E-state index in [1.807, 2.05) is 6.08 Å². The third-order valence-corrected chi connectivity index (χ3v) is 2.77. The van der Waals surface area contributed by atoms with Gasteiger partial charge in [0.15, 0.2) is 5.82 Å². The predicted octanol–water partition coefficient (Wildman–Crippen LogP) is 2.00. The standard InChI is InChI=1S/C11H17N3O/c1-2-7-12-8-10-13-11(14-15-10)9-5-3-4-6-9/h2,9,12H,1,3-8H2. The molecular formula is C11H17N3O. The normalized spacial score (nSPS) is 17.1. The average Bonchev–Trinajstić information content (AvgIpc) is 2.87. The smallest absolute Gasteiger partial charge is 0.240 e. The molecule has 15 heavy (non-hydrogen) atoms. The summed E-state index contributed by atoms with van der Waals surface area (Å²) in [6.07, 6.45) is 6.82. The van der Waals surface area contributed by atoms with Gasteiger partial charge in [0, 0.05) is 12.5 Å². The number of aromatic nitrogens is 2. The third kappa shape index (κ3) is 2.65. The van der Waals surface area contributed by atoms with Crippen molar-refractivity contribution in [1.82, 2.24) is 15.5 Å². The van der Waals surface area contributed by atoms with E-state index in [9.17, 15) is 0 Å². The summed E-state index contributed by atoms with van der Waals surface area (Å²) in [7, 11) is 0. The number of rotatable bonds is 5.